The maximum Gasteiger partial charge on any atom is 0.166 e. The van der Waals surface area contributed by atoms with E-state index in [4.69, 9.17) is 27.9 Å². The zero-order valence-electron chi connectivity index (χ0n) is 11.4. The lowest BCUT2D eigenvalue weighted by Crippen LogP contribution is -1.94. The van der Waals surface area contributed by atoms with Gasteiger partial charge < -0.3 is 9.30 Å². The summed E-state index contributed by atoms with van der Waals surface area (Å²) < 4.78 is 9.20. The van der Waals surface area contributed by atoms with Crippen molar-refractivity contribution >= 4 is 39.9 Å². The second-order valence-electron chi connectivity index (χ2n) is 4.72. The van der Waals surface area contributed by atoms with Gasteiger partial charge in [-0.05, 0) is 0 Å². The van der Waals surface area contributed by atoms with Crippen LogP contribution in [0.15, 0.2) is 36.9 Å². The fourth-order valence-electron chi connectivity index (χ4n) is 2.26. The van der Waals surface area contributed by atoms with Gasteiger partial charge in [-0.3, -0.25) is 4.98 Å². The Kier molecular flexibility index (Phi) is 2.95. The number of rotatable bonds is 2. The summed E-state index contributed by atoms with van der Waals surface area (Å²) in [5, 5.41) is 5.19. The fraction of sp³-hybridized carbons (Fsp3) is 0.0714. The van der Waals surface area contributed by atoms with E-state index in [0.29, 0.717) is 32.8 Å². The van der Waals surface area contributed by atoms with Gasteiger partial charge in [-0.2, -0.15) is 5.10 Å². The number of hydrogen-bond donors (Lipinski definition) is 0. The molecular weight excluding hydrogens is 325 g/mol. The predicted molar refractivity (Wildman–Crippen MR) is 83.8 cm³/mol. The van der Waals surface area contributed by atoms with Crippen LogP contribution in [0.25, 0.3) is 16.7 Å². The Morgan fingerprint density at radius 2 is 2.00 bits per heavy atom. The first-order valence-corrected chi connectivity index (χ1v) is 7.16. The SMILES string of the molecule is Cn1c(Cl)cc2ncc(Oc3cnn4ccnc4c3)c(Cl)c21. The third kappa shape index (κ3) is 2.00. The molecule has 0 radical (unpaired) electrons. The molecule has 0 bridgehead atoms. The number of ether oxygens (including phenoxy) is 1. The molecule has 8 heteroatoms. The molecule has 0 aromatic carbocycles. The first-order valence-electron chi connectivity index (χ1n) is 6.40. The molecule has 0 N–H and O–H groups in total. The van der Waals surface area contributed by atoms with Crippen molar-refractivity contribution in [2.45, 2.75) is 0 Å². The van der Waals surface area contributed by atoms with Gasteiger partial charge in [-0.1, -0.05) is 23.2 Å². The number of aryl methyl sites for hydroxylation is 1. The van der Waals surface area contributed by atoms with E-state index in [-0.39, 0.29) is 0 Å². The summed E-state index contributed by atoms with van der Waals surface area (Å²) >= 11 is 12.5. The molecule has 0 aliphatic rings. The molecule has 4 rings (SSSR count). The quantitative estimate of drug-likeness (QED) is 0.561. The molecule has 4 aromatic rings. The fourth-order valence-corrected chi connectivity index (χ4v) is 2.76. The van der Waals surface area contributed by atoms with Crippen molar-refractivity contribution in [3.63, 3.8) is 0 Å². The molecule has 0 unspecified atom stereocenters. The molecule has 4 aromatic heterocycles. The lowest BCUT2D eigenvalue weighted by molar-refractivity contribution is 0.477. The summed E-state index contributed by atoms with van der Waals surface area (Å²) in [4.78, 5) is 8.48. The van der Waals surface area contributed by atoms with Crippen LogP contribution in [0.4, 0.5) is 0 Å². The molecule has 6 nitrogen and oxygen atoms in total. The Hall–Kier alpha value is -2.31. The average Bonchev–Trinajstić information content (AvgIpc) is 3.07. The van der Waals surface area contributed by atoms with E-state index in [9.17, 15) is 0 Å². The van der Waals surface area contributed by atoms with Gasteiger partial charge >= 0.3 is 0 Å². The van der Waals surface area contributed by atoms with E-state index in [1.54, 1.807) is 46.0 Å². The highest BCUT2D eigenvalue weighted by molar-refractivity contribution is 6.37. The number of aromatic nitrogens is 5. The zero-order valence-corrected chi connectivity index (χ0v) is 12.9. The van der Waals surface area contributed by atoms with Crippen molar-refractivity contribution in [3.05, 3.63) is 47.1 Å². The van der Waals surface area contributed by atoms with E-state index in [1.807, 2.05) is 7.05 Å². The van der Waals surface area contributed by atoms with Crippen LogP contribution in [-0.4, -0.2) is 24.1 Å². The molecule has 0 amide bonds. The van der Waals surface area contributed by atoms with Crippen molar-refractivity contribution in [2.75, 3.05) is 0 Å². The minimum Gasteiger partial charge on any atom is -0.452 e. The Bertz CT molecular complexity index is 1010. The van der Waals surface area contributed by atoms with E-state index < -0.39 is 0 Å². The smallest absolute Gasteiger partial charge is 0.166 e. The summed E-state index contributed by atoms with van der Waals surface area (Å²) in [5.74, 6) is 0.965. The first kappa shape index (κ1) is 13.4. The van der Waals surface area contributed by atoms with Crippen LogP contribution in [-0.2, 0) is 7.05 Å². The summed E-state index contributed by atoms with van der Waals surface area (Å²) in [6.07, 6.45) is 6.58. The van der Waals surface area contributed by atoms with Crippen LogP contribution in [0.5, 0.6) is 11.5 Å². The number of halogens is 2. The zero-order chi connectivity index (χ0) is 15.3. The third-order valence-electron chi connectivity index (χ3n) is 3.36. The molecule has 0 saturated heterocycles. The largest absolute Gasteiger partial charge is 0.452 e. The van der Waals surface area contributed by atoms with Crippen molar-refractivity contribution in [1.29, 1.82) is 0 Å². The topological polar surface area (TPSA) is 57.2 Å². The van der Waals surface area contributed by atoms with Gasteiger partial charge in [-0.25, -0.2) is 9.50 Å². The van der Waals surface area contributed by atoms with Crippen molar-refractivity contribution < 1.29 is 4.74 Å². The molecule has 0 atom stereocenters. The summed E-state index contributed by atoms with van der Waals surface area (Å²) in [6.45, 7) is 0. The molecule has 4 heterocycles. The van der Waals surface area contributed by atoms with Crippen LogP contribution in [0.3, 0.4) is 0 Å². The van der Waals surface area contributed by atoms with Gasteiger partial charge in [0.15, 0.2) is 17.1 Å². The monoisotopic (exact) mass is 333 g/mol. The van der Waals surface area contributed by atoms with Gasteiger partial charge in [-0.15, -0.1) is 0 Å². The minimum atomic E-state index is 0.435. The van der Waals surface area contributed by atoms with Crippen LogP contribution in [0, 0.1) is 0 Å². The van der Waals surface area contributed by atoms with E-state index in [2.05, 4.69) is 15.1 Å². The third-order valence-corrected chi connectivity index (χ3v) is 4.09. The normalized spacial score (nSPS) is 11.4. The molecule has 22 heavy (non-hydrogen) atoms. The Morgan fingerprint density at radius 1 is 1.14 bits per heavy atom. The molecule has 0 fully saturated rings. The number of nitrogens with zero attached hydrogens (tertiary/aromatic N) is 5. The number of fused-ring (bicyclic) bond motifs is 2. The van der Waals surface area contributed by atoms with Crippen LogP contribution in [0.2, 0.25) is 10.2 Å². The number of hydrogen-bond acceptors (Lipinski definition) is 4. The predicted octanol–water partition coefficient (Wildman–Crippen LogP) is 3.72. The van der Waals surface area contributed by atoms with Gasteiger partial charge in [0, 0.05) is 31.6 Å². The summed E-state index contributed by atoms with van der Waals surface area (Å²) in [7, 11) is 1.82. The van der Waals surface area contributed by atoms with Crippen LogP contribution >= 0.6 is 23.2 Å². The minimum absolute atomic E-state index is 0.435. The van der Waals surface area contributed by atoms with Gasteiger partial charge in [0.1, 0.15) is 10.2 Å². The molecule has 110 valence electrons. The Labute approximate surface area is 134 Å². The van der Waals surface area contributed by atoms with Crippen molar-refractivity contribution in [3.8, 4) is 11.5 Å². The Balaban J connectivity index is 1.80. The van der Waals surface area contributed by atoms with Crippen molar-refractivity contribution in [2.24, 2.45) is 7.05 Å². The second-order valence-corrected chi connectivity index (χ2v) is 5.48. The highest BCUT2D eigenvalue weighted by atomic mass is 35.5. The second kappa shape index (κ2) is 4.86. The molecule has 0 spiro atoms. The maximum absolute atomic E-state index is 6.42. The highest BCUT2D eigenvalue weighted by Gasteiger charge is 2.14. The lowest BCUT2D eigenvalue weighted by Gasteiger charge is -2.08. The highest BCUT2D eigenvalue weighted by Crippen LogP contribution is 2.36. The van der Waals surface area contributed by atoms with E-state index in [1.165, 1.54) is 0 Å². The van der Waals surface area contributed by atoms with E-state index in [0.717, 1.165) is 5.52 Å². The lowest BCUT2D eigenvalue weighted by atomic mass is 10.3. The number of pyridine rings is 1. The molecule has 0 saturated carbocycles. The number of imidazole rings is 1. The molecule has 0 aliphatic carbocycles. The molecule has 0 aliphatic heterocycles. The first-order chi connectivity index (χ1) is 10.6. The summed E-state index contributed by atoms with van der Waals surface area (Å²) in [6, 6.07) is 3.52. The van der Waals surface area contributed by atoms with Crippen molar-refractivity contribution in [1.82, 2.24) is 24.1 Å². The van der Waals surface area contributed by atoms with Crippen LogP contribution in [0.1, 0.15) is 0 Å². The Morgan fingerprint density at radius 3 is 2.86 bits per heavy atom. The van der Waals surface area contributed by atoms with Gasteiger partial charge in [0.25, 0.3) is 0 Å². The summed E-state index contributed by atoms with van der Waals surface area (Å²) in [5.41, 5.74) is 2.12. The van der Waals surface area contributed by atoms with E-state index >= 15 is 0 Å². The maximum atomic E-state index is 6.42. The standard InChI is InChI=1S/C14H9Cl2N5O/c1-20-11(15)5-9-14(20)13(16)10(7-18-9)22-8-4-12-17-2-3-21(12)19-6-8/h2-7H,1H3. The molecular formula is C14H9Cl2N5O. The average molecular weight is 334 g/mol. The van der Waals surface area contributed by atoms with Gasteiger partial charge in [0.05, 0.1) is 23.4 Å². The van der Waals surface area contributed by atoms with Crippen LogP contribution < -0.4 is 4.74 Å². The van der Waals surface area contributed by atoms with Gasteiger partial charge in [0.2, 0.25) is 0 Å².